The SMILES string of the molecule is CNC1CC2(CCN(C(C)C)CC2)Oc2cc(Br)ccc21. The molecule has 4 heteroatoms. The van der Waals surface area contributed by atoms with Crippen molar-refractivity contribution in [3.05, 3.63) is 28.2 Å². The summed E-state index contributed by atoms with van der Waals surface area (Å²) in [6.45, 7) is 6.83. The van der Waals surface area contributed by atoms with E-state index in [1.807, 2.05) is 0 Å². The highest BCUT2D eigenvalue weighted by Crippen LogP contribution is 2.45. The molecule has 1 aromatic rings. The van der Waals surface area contributed by atoms with E-state index in [0.29, 0.717) is 12.1 Å². The maximum absolute atomic E-state index is 6.50. The molecule has 1 unspecified atom stereocenters. The average molecular weight is 353 g/mol. The first-order valence-corrected chi connectivity index (χ1v) is 8.72. The van der Waals surface area contributed by atoms with Crippen LogP contribution in [0.25, 0.3) is 0 Å². The van der Waals surface area contributed by atoms with E-state index >= 15 is 0 Å². The standard InChI is InChI=1S/C17H25BrN2O/c1-12(2)20-8-6-17(7-9-20)11-15(19-3)14-5-4-13(18)10-16(14)21-17/h4-5,10,12,15,19H,6-9,11H2,1-3H3. The number of halogens is 1. The van der Waals surface area contributed by atoms with Crippen LogP contribution in [0.3, 0.4) is 0 Å². The molecular weight excluding hydrogens is 328 g/mol. The molecule has 3 nitrogen and oxygen atoms in total. The van der Waals surface area contributed by atoms with Gasteiger partial charge in [-0.05, 0) is 45.9 Å². The minimum Gasteiger partial charge on any atom is -0.487 e. The van der Waals surface area contributed by atoms with Gasteiger partial charge in [-0.25, -0.2) is 0 Å². The second-order valence-corrected chi connectivity index (χ2v) is 7.56. The zero-order valence-corrected chi connectivity index (χ0v) is 14.7. The van der Waals surface area contributed by atoms with Gasteiger partial charge in [0.2, 0.25) is 0 Å². The topological polar surface area (TPSA) is 24.5 Å². The third-order valence-corrected chi connectivity index (χ3v) is 5.53. The number of hydrogen-bond donors (Lipinski definition) is 1. The van der Waals surface area contributed by atoms with Gasteiger partial charge < -0.3 is 15.0 Å². The lowest BCUT2D eigenvalue weighted by atomic mass is 9.80. The van der Waals surface area contributed by atoms with Crippen LogP contribution >= 0.6 is 15.9 Å². The molecule has 1 fully saturated rings. The number of nitrogens with one attached hydrogen (secondary N) is 1. The molecule has 1 aromatic carbocycles. The zero-order chi connectivity index (χ0) is 15.0. The van der Waals surface area contributed by atoms with Crippen molar-refractivity contribution in [3.8, 4) is 5.75 Å². The normalized spacial score (nSPS) is 24.9. The fourth-order valence-electron chi connectivity index (χ4n) is 3.65. The van der Waals surface area contributed by atoms with E-state index in [-0.39, 0.29) is 5.60 Å². The van der Waals surface area contributed by atoms with E-state index in [0.717, 1.165) is 42.6 Å². The number of fused-ring (bicyclic) bond motifs is 1. The van der Waals surface area contributed by atoms with E-state index in [1.165, 1.54) is 5.56 Å². The van der Waals surface area contributed by atoms with Gasteiger partial charge in [0, 0.05) is 41.6 Å². The Morgan fingerprint density at radius 1 is 1.33 bits per heavy atom. The summed E-state index contributed by atoms with van der Waals surface area (Å²) in [6, 6.07) is 7.43. The number of nitrogens with zero attached hydrogens (tertiary/aromatic N) is 1. The zero-order valence-electron chi connectivity index (χ0n) is 13.2. The van der Waals surface area contributed by atoms with E-state index in [4.69, 9.17) is 4.74 Å². The highest BCUT2D eigenvalue weighted by Gasteiger charge is 2.43. The molecular formula is C17H25BrN2O. The molecule has 0 radical (unpaired) electrons. The van der Waals surface area contributed by atoms with Crippen molar-refractivity contribution >= 4 is 15.9 Å². The number of piperidine rings is 1. The smallest absolute Gasteiger partial charge is 0.126 e. The third-order valence-electron chi connectivity index (χ3n) is 5.04. The van der Waals surface area contributed by atoms with Gasteiger partial charge in [0.05, 0.1) is 0 Å². The predicted octanol–water partition coefficient (Wildman–Crippen LogP) is 3.74. The van der Waals surface area contributed by atoms with Crippen LogP contribution in [0, 0.1) is 0 Å². The first-order valence-electron chi connectivity index (χ1n) is 7.93. The van der Waals surface area contributed by atoms with Crippen LogP contribution in [0.1, 0.15) is 44.7 Å². The summed E-state index contributed by atoms with van der Waals surface area (Å²) >= 11 is 3.56. The summed E-state index contributed by atoms with van der Waals surface area (Å²) in [5, 5.41) is 3.48. The number of ether oxygens (including phenoxy) is 1. The fourth-order valence-corrected chi connectivity index (χ4v) is 3.99. The van der Waals surface area contributed by atoms with Gasteiger partial charge in [0.1, 0.15) is 11.4 Å². The Morgan fingerprint density at radius 2 is 2.05 bits per heavy atom. The molecule has 116 valence electrons. The Bertz CT molecular complexity index is 510. The quantitative estimate of drug-likeness (QED) is 0.877. The Hall–Kier alpha value is -0.580. The molecule has 0 amide bonds. The molecule has 1 spiro atoms. The van der Waals surface area contributed by atoms with Gasteiger partial charge in [-0.2, -0.15) is 0 Å². The van der Waals surface area contributed by atoms with Gasteiger partial charge in [-0.3, -0.25) is 0 Å². The minimum absolute atomic E-state index is 0.00681. The molecule has 1 saturated heterocycles. The molecule has 0 saturated carbocycles. The van der Waals surface area contributed by atoms with Crippen LogP contribution < -0.4 is 10.1 Å². The second kappa shape index (κ2) is 5.90. The van der Waals surface area contributed by atoms with E-state index in [1.54, 1.807) is 0 Å². The monoisotopic (exact) mass is 352 g/mol. The van der Waals surface area contributed by atoms with Gasteiger partial charge in [-0.1, -0.05) is 22.0 Å². The first-order chi connectivity index (χ1) is 10.0. The largest absolute Gasteiger partial charge is 0.487 e. The van der Waals surface area contributed by atoms with E-state index in [2.05, 4.69) is 65.2 Å². The highest BCUT2D eigenvalue weighted by molar-refractivity contribution is 9.10. The molecule has 2 heterocycles. The number of benzene rings is 1. The lowest BCUT2D eigenvalue weighted by Crippen LogP contribution is -2.52. The molecule has 0 aliphatic carbocycles. The van der Waals surface area contributed by atoms with Crippen molar-refractivity contribution < 1.29 is 4.74 Å². The summed E-state index contributed by atoms with van der Waals surface area (Å²) in [6.07, 6.45) is 3.31. The molecule has 1 atom stereocenters. The fraction of sp³-hybridized carbons (Fsp3) is 0.647. The second-order valence-electron chi connectivity index (χ2n) is 6.64. The van der Waals surface area contributed by atoms with Crippen LogP contribution in [0.4, 0.5) is 0 Å². The lowest BCUT2D eigenvalue weighted by molar-refractivity contribution is -0.0307. The number of likely N-dealkylation sites (tertiary alicyclic amines) is 1. The third kappa shape index (κ3) is 2.99. The van der Waals surface area contributed by atoms with Crippen molar-refractivity contribution in [3.63, 3.8) is 0 Å². The Morgan fingerprint density at radius 3 is 2.67 bits per heavy atom. The van der Waals surface area contributed by atoms with Crippen LogP contribution in [-0.4, -0.2) is 36.7 Å². The predicted molar refractivity (Wildman–Crippen MR) is 89.9 cm³/mol. The molecule has 0 bridgehead atoms. The van der Waals surface area contributed by atoms with Crippen molar-refractivity contribution in [1.29, 1.82) is 0 Å². The van der Waals surface area contributed by atoms with Crippen molar-refractivity contribution in [2.75, 3.05) is 20.1 Å². The molecule has 0 aromatic heterocycles. The van der Waals surface area contributed by atoms with Gasteiger partial charge in [0.25, 0.3) is 0 Å². The Kier molecular flexibility index (Phi) is 4.30. The summed E-state index contributed by atoms with van der Waals surface area (Å²) in [5.74, 6) is 1.05. The van der Waals surface area contributed by atoms with Gasteiger partial charge in [0.15, 0.2) is 0 Å². The number of hydrogen-bond acceptors (Lipinski definition) is 3. The van der Waals surface area contributed by atoms with Gasteiger partial charge >= 0.3 is 0 Å². The van der Waals surface area contributed by atoms with Crippen molar-refractivity contribution in [1.82, 2.24) is 10.2 Å². The maximum atomic E-state index is 6.50. The van der Waals surface area contributed by atoms with Gasteiger partial charge in [-0.15, -0.1) is 0 Å². The Labute approximate surface area is 136 Å². The molecule has 3 rings (SSSR count). The summed E-state index contributed by atoms with van der Waals surface area (Å²) in [5.41, 5.74) is 1.30. The maximum Gasteiger partial charge on any atom is 0.126 e. The van der Waals surface area contributed by atoms with Crippen molar-refractivity contribution in [2.45, 2.75) is 50.8 Å². The first kappa shape index (κ1) is 15.3. The highest BCUT2D eigenvalue weighted by atomic mass is 79.9. The minimum atomic E-state index is 0.00681. The average Bonchev–Trinajstić information content (AvgIpc) is 2.46. The molecule has 2 aliphatic heterocycles. The summed E-state index contributed by atoms with van der Waals surface area (Å²) in [4.78, 5) is 2.55. The van der Waals surface area contributed by atoms with Crippen LogP contribution in [0.15, 0.2) is 22.7 Å². The lowest BCUT2D eigenvalue weighted by Gasteiger charge is -2.47. The van der Waals surface area contributed by atoms with Crippen LogP contribution in [-0.2, 0) is 0 Å². The van der Waals surface area contributed by atoms with Crippen molar-refractivity contribution in [2.24, 2.45) is 0 Å². The van der Waals surface area contributed by atoms with E-state index < -0.39 is 0 Å². The van der Waals surface area contributed by atoms with Crippen LogP contribution in [0.5, 0.6) is 5.75 Å². The summed E-state index contributed by atoms with van der Waals surface area (Å²) < 4.78 is 7.60. The van der Waals surface area contributed by atoms with E-state index in [9.17, 15) is 0 Å². The van der Waals surface area contributed by atoms with Crippen LogP contribution in [0.2, 0.25) is 0 Å². The molecule has 2 aliphatic rings. The summed E-state index contributed by atoms with van der Waals surface area (Å²) in [7, 11) is 2.05. The molecule has 1 N–H and O–H groups in total. The Balaban J connectivity index is 1.83. The number of rotatable bonds is 2. The molecule has 21 heavy (non-hydrogen) atoms.